The summed E-state index contributed by atoms with van der Waals surface area (Å²) in [6.07, 6.45) is 8.36. The van der Waals surface area contributed by atoms with Crippen LogP contribution >= 0.6 is 0 Å². The van der Waals surface area contributed by atoms with Crippen LogP contribution in [-0.4, -0.2) is 40.4 Å². The van der Waals surface area contributed by atoms with Crippen molar-refractivity contribution >= 4 is 15.7 Å². The lowest BCUT2D eigenvalue weighted by Gasteiger charge is -2.38. The highest BCUT2D eigenvalue weighted by atomic mass is 32.2. The summed E-state index contributed by atoms with van der Waals surface area (Å²) in [7, 11) is -0.0852. The Morgan fingerprint density at radius 3 is 2.43 bits per heavy atom. The summed E-state index contributed by atoms with van der Waals surface area (Å²) in [4.78, 5) is 4.51. The molecular formula is C21H28N2O4S. The Bertz CT molecular complexity index is 922. The van der Waals surface area contributed by atoms with E-state index in [9.17, 15) is 8.42 Å². The number of ether oxygens (including phenoxy) is 2. The third kappa shape index (κ3) is 4.24. The molecule has 1 aromatic heterocycles. The Morgan fingerprint density at radius 1 is 1.07 bits per heavy atom. The molecule has 1 aromatic carbocycles. The fourth-order valence-electron chi connectivity index (χ4n) is 4.04. The van der Waals surface area contributed by atoms with Gasteiger partial charge in [-0.1, -0.05) is 25.3 Å². The molecule has 6 nitrogen and oxygen atoms in total. The van der Waals surface area contributed by atoms with Crippen molar-refractivity contribution in [2.75, 3.05) is 32.3 Å². The molecule has 1 fully saturated rings. The van der Waals surface area contributed by atoms with Crippen LogP contribution in [0.1, 0.15) is 37.7 Å². The number of hydrogen-bond acceptors (Lipinski definition) is 6. The van der Waals surface area contributed by atoms with Crippen LogP contribution in [-0.2, 0) is 15.3 Å². The predicted molar refractivity (Wildman–Crippen MR) is 110 cm³/mol. The first kappa shape index (κ1) is 20.5. The molecule has 0 unspecified atom stereocenters. The van der Waals surface area contributed by atoms with Crippen LogP contribution in [0.2, 0.25) is 0 Å². The maximum Gasteiger partial charge on any atom is 0.179 e. The van der Waals surface area contributed by atoms with E-state index in [1.165, 1.54) is 18.2 Å². The number of methoxy groups -OCH3 is 2. The molecule has 1 aliphatic rings. The van der Waals surface area contributed by atoms with E-state index >= 15 is 0 Å². The Balaban J connectivity index is 1.94. The molecule has 2 aromatic rings. The summed E-state index contributed by atoms with van der Waals surface area (Å²) in [6, 6.07) is 9.31. The summed E-state index contributed by atoms with van der Waals surface area (Å²) >= 11 is 0. The minimum atomic E-state index is -3.35. The maximum atomic E-state index is 12.1. The molecule has 1 heterocycles. The lowest BCUT2D eigenvalue weighted by atomic mass is 9.69. The number of pyridine rings is 1. The Kier molecular flexibility index (Phi) is 6.13. The van der Waals surface area contributed by atoms with Crippen molar-refractivity contribution in [3.05, 3.63) is 42.1 Å². The van der Waals surface area contributed by atoms with Crippen molar-refractivity contribution < 1.29 is 17.9 Å². The van der Waals surface area contributed by atoms with E-state index in [1.807, 2.05) is 12.1 Å². The number of benzene rings is 1. The first-order valence-electron chi connectivity index (χ1n) is 9.51. The standard InChI is InChI=1S/C21H28N2O4S/c1-26-17-10-9-16(14-18(17)27-2)21(11-5-4-6-12-21)15-23-20-19(28(3,24)25)8-7-13-22-20/h7-10,13-14H,4-6,11-12,15H2,1-3H3,(H,22,23). The molecule has 0 radical (unpaired) electrons. The van der Waals surface area contributed by atoms with Gasteiger partial charge in [-0.3, -0.25) is 0 Å². The number of anilines is 1. The van der Waals surface area contributed by atoms with Gasteiger partial charge >= 0.3 is 0 Å². The summed E-state index contributed by atoms with van der Waals surface area (Å²) in [5, 5.41) is 3.33. The minimum absolute atomic E-state index is 0.107. The van der Waals surface area contributed by atoms with Crippen LogP contribution in [0.15, 0.2) is 41.4 Å². The molecule has 0 atom stereocenters. The normalized spacial score (nSPS) is 16.4. The van der Waals surface area contributed by atoms with E-state index in [0.717, 1.165) is 25.7 Å². The highest BCUT2D eigenvalue weighted by molar-refractivity contribution is 7.90. The molecule has 1 aliphatic carbocycles. The quantitative estimate of drug-likeness (QED) is 0.756. The number of nitrogens with zero attached hydrogens (tertiary/aromatic N) is 1. The highest BCUT2D eigenvalue weighted by Crippen LogP contribution is 2.42. The first-order chi connectivity index (χ1) is 13.4. The predicted octanol–water partition coefficient (Wildman–Crippen LogP) is 3.82. The van der Waals surface area contributed by atoms with Gasteiger partial charge in [-0.15, -0.1) is 0 Å². The van der Waals surface area contributed by atoms with Crippen molar-refractivity contribution in [2.45, 2.75) is 42.4 Å². The lowest BCUT2D eigenvalue weighted by Crippen LogP contribution is -2.37. The van der Waals surface area contributed by atoms with E-state index in [2.05, 4.69) is 16.4 Å². The Hall–Kier alpha value is -2.28. The second-order valence-corrected chi connectivity index (χ2v) is 9.37. The van der Waals surface area contributed by atoms with Crippen LogP contribution in [0.4, 0.5) is 5.82 Å². The second kappa shape index (κ2) is 8.39. The topological polar surface area (TPSA) is 77.5 Å². The molecule has 152 valence electrons. The number of rotatable bonds is 7. The van der Waals surface area contributed by atoms with Gasteiger partial charge < -0.3 is 14.8 Å². The zero-order valence-electron chi connectivity index (χ0n) is 16.7. The Morgan fingerprint density at radius 2 is 1.79 bits per heavy atom. The summed E-state index contributed by atoms with van der Waals surface area (Å²) < 4.78 is 35.1. The SMILES string of the molecule is COc1ccc(C2(CNc3ncccc3S(C)(=O)=O)CCCCC2)cc1OC. The van der Waals surface area contributed by atoms with Crippen LogP contribution in [0, 0.1) is 0 Å². The highest BCUT2D eigenvalue weighted by Gasteiger charge is 2.35. The van der Waals surface area contributed by atoms with Gasteiger partial charge in [0.2, 0.25) is 0 Å². The molecule has 0 aliphatic heterocycles. The monoisotopic (exact) mass is 404 g/mol. The molecule has 3 rings (SSSR count). The fourth-order valence-corrected chi connectivity index (χ4v) is 4.84. The average molecular weight is 405 g/mol. The zero-order chi connectivity index (χ0) is 20.2. The number of aromatic nitrogens is 1. The molecule has 0 bridgehead atoms. The van der Waals surface area contributed by atoms with Gasteiger partial charge in [0.05, 0.1) is 14.2 Å². The van der Waals surface area contributed by atoms with Crippen molar-refractivity contribution in [2.24, 2.45) is 0 Å². The molecule has 7 heteroatoms. The average Bonchev–Trinajstić information content (AvgIpc) is 2.72. The second-order valence-electron chi connectivity index (χ2n) is 7.39. The van der Waals surface area contributed by atoms with Gasteiger partial charge in [-0.25, -0.2) is 13.4 Å². The molecule has 0 amide bonds. The first-order valence-corrected chi connectivity index (χ1v) is 11.4. The lowest BCUT2D eigenvalue weighted by molar-refractivity contribution is 0.304. The van der Waals surface area contributed by atoms with Crippen molar-refractivity contribution in [1.82, 2.24) is 4.98 Å². The summed E-state index contributed by atoms with van der Waals surface area (Å²) in [6.45, 7) is 0.613. The van der Waals surface area contributed by atoms with Gasteiger partial charge in [-0.05, 0) is 42.7 Å². The molecule has 0 spiro atoms. The smallest absolute Gasteiger partial charge is 0.179 e. The van der Waals surface area contributed by atoms with Gasteiger partial charge in [0.15, 0.2) is 21.3 Å². The summed E-state index contributed by atoms with van der Waals surface area (Å²) in [5.41, 5.74) is 1.07. The summed E-state index contributed by atoms with van der Waals surface area (Å²) in [5.74, 6) is 1.82. The van der Waals surface area contributed by atoms with Crippen LogP contribution in [0.25, 0.3) is 0 Å². The third-order valence-electron chi connectivity index (χ3n) is 5.57. The third-order valence-corrected chi connectivity index (χ3v) is 6.70. The van der Waals surface area contributed by atoms with Crippen molar-refractivity contribution in [1.29, 1.82) is 0 Å². The van der Waals surface area contributed by atoms with E-state index < -0.39 is 9.84 Å². The number of nitrogens with one attached hydrogen (secondary N) is 1. The molecular weight excluding hydrogens is 376 g/mol. The van der Waals surface area contributed by atoms with Gasteiger partial charge in [0.25, 0.3) is 0 Å². The number of sulfone groups is 1. The molecule has 1 saturated carbocycles. The van der Waals surface area contributed by atoms with Gasteiger partial charge in [0, 0.05) is 24.4 Å². The zero-order valence-corrected chi connectivity index (χ0v) is 17.5. The van der Waals surface area contributed by atoms with E-state index in [1.54, 1.807) is 32.5 Å². The molecule has 0 saturated heterocycles. The van der Waals surface area contributed by atoms with Crippen LogP contribution in [0.5, 0.6) is 11.5 Å². The number of hydrogen-bond donors (Lipinski definition) is 1. The fraction of sp³-hybridized carbons (Fsp3) is 0.476. The molecule has 1 N–H and O–H groups in total. The van der Waals surface area contributed by atoms with Gasteiger partial charge in [0.1, 0.15) is 10.7 Å². The van der Waals surface area contributed by atoms with Crippen molar-refractivity contribution in [3.63, 3.8) is 0 Å². The minimum Gasteiger partial charge on any atom is -0.493 e. The van der Waals surface area contributed by atoms with Crippen molar-refractivity contribution in [3.8, 4) is 11.5 Å². The van der Waals surface area contributed by atoms with Gasteiger partial charge in [-0.2, -0.15) is 0 Å². The maximum absolute atomic E-state index is 12.1. The largest absolute Gasteiger partial charge is 0.493 e. The van der Waals surface area contributed by atoms with E-state index in [0.29, 0.717) is 23.9 Å². The van der Waals surface area contributed by atoms with Crippen LogP contribution in [0.3, 0.4) is 0 Å². The van der Waals surface area contributed by atoms with Crippen LogP contribution < -0.4 is 14.8 Å². The van der Waals surface area contributed by atoms with E-state index in [4.69, 9.17) is 9.47 Å². The molecule has 28 heavy (non-hydrogen) atoms. The Labute approximate surface area is 167 Å². The van der Waals surface area contributed by atoms with E-state index in [-0.39, 0.29) is 10.3 Å².